The van der Waals surface area contributed by atoms with E-state index in [4.69, 9.17) is 9.47 Å². The highest BCUT2D eigenvalue weighted by Gasteiger charge is 2.35. The van der Waals surface area contributed by atoms with E-state index in [1.807, 2.05) is 17.0 Å². The van der Waals surface area contributed by atoms with Gasteiger partial charge in [0.15, 0.2) is 11.5 Å². The molecular formula is C24H29N3O5S. The largest absolute Gasteiger partial charge is 0.454 e. The molecule has 0 saturated carbocycles. The number of nitrogens with zero attached hydrogens (tertiary/aromatic N) is 3. The van der Waals surface area contributed by atoms with Crippen molar-refractivity contribution in [2.75, 3.05) is 46.1 Å². The molecule has 2 fully saturated rings. The summed E-state index contributed by atoms with van der Waals surface area (Å²) >= 11 is 0. The third-order valence-corrected chi connectivity index (χ3v) is 8.52. The van der Waals surface area contributed by atoms with Crippen LogP contribution in [0.25, 0.3) is 0 Å². The molecular weight excluding hydrogens is 442 g/mol. The summed E-state index contributed by atoms with van der Waals surface area (Å²) in [5.74, 6) is 1.36. The van der Waals surface area contributed by atoms with Crippen LogP contribution in [-0.2, 0) is 21.4 Å². The van der Waals surface area contributed by atoms with E-state index in [9.17, 15) is 13.2 Å². The molecule has 0 spiro atoms. The van der Waals surface area contributed by atoms with Crippen LogP contribution in [0.1, 0.15) is 18.4 Å². The molecule has 0 radical (unpaired) electrons. The zero-order valence-electron chi connectivity index (χ0n) is 18.6. The minimum atomic E-state index is -3.57. The molecule has 176 valence electrons. The number of sulfonamides is 1. The molecule has 0 N–H and O–H groups in total. The Hall–Kier alpha value is -2.62. The molecule has 1 unspecified atom stereocenters. The van der Waals surface area contributed by atoms with E-state index >= 15 is 0 Å². The van der Waals surface area contributed by atoms with Gasteiger partial charge in [-0.1, -0.05) is 24.3 Å². The number of rotatable bonds is 5. The maximum atomic E-state index is 13.2. The molecule has 33 heavy (non-hydrogen) atoms. The number of piperazine rings is 1. The molecule has 1 atom stereocenters. The normalized spacial score (nSPS) is 21.8. The second kappa shape index (κ2) is 9.32. The molecule has 0 aromatic heterocycles. The van der Waals surface area contributed by atoms with Crippen LogP contribution in [0.3, 0.4) is 0 Å². The van der Waals surface area contributed by atoms with E-state index in [2.05, 4.69) is 11.0 Å². The van der Waals surface area contributed by atoms with Crippen LogP contribution in [0.5, 0.6) is 11.5 Å². The smallest absolute Gasteiger partial charge is 0.243 e. The van der Waals surface area contributed by atoms with Crippen molar-refractivity contribution in [2.45, 2.75) is 24.3 Å². The number of fused-ring (bicyclic) bond motifs is 1. The summed E-state index contributed by atoms with van der Waals surface area (Å²) in [6, 6.07) is 14.5. The zero-order valence-corrected chi connectivity index (χ0v) is 19.4. The Balaban J connectivity index is 1.16. The average Bonchev–Trinajstić information content (AvgIpc) is 3.33. The van der Waals surface area contributed by atoms with Gasteiger partial charge in [0, 0.05) is 45.8 Å². The Kier molecular flexibility index (Phi) is 6.27. The van der Waals surface area contributed by atoms with E-state index in [1.54, 1.807) is 30.3 Å². The highest BCUT2D eigenvalue weighted by atomic mass is 32.2. The minimum Gasteiger partial charge on any atom is -0.454 e. The number of hydrogen-bond donors (Lipinski definition) is 0. The quantitative estimate of drug-likeness (QED) is 0.665. The molecule has 3 heterocycles. The predicted octanol–water partition coefficient (Wildman–Crippen LogP) is 2.16. The van der Waals surface area contributed by atoms with Crippen LogP contribution in [-0.4, -0.2) is 74.5 Å². The Morgan fingerprint density at radius 1 is 0.939 bits per heavy atom. The summed E-state index contributed by atoms with van der Waals surface area (Å²) in [5, 5.41) is 0. The number of carbonyl (C=O) groups excluding carboxylic acids is 1. The van der Waals surface area contributed by atoms with Gasteiger partial charge in [-0.3, -0.25) is 9.69 Å². The summed E-state index contributed by atoms with van der Waals surface area (Å²) in [4.78, 5) is 17.7. The number of ether oxygens (including phenoxy) is 2. The highest BCUT2D eigenvalue weighted by Crippen LogP contribution is 2.33. The van der Waals surface area contributed by atoms with Crippen LogP contribution in [0, 0.1) is 5.92 Å². The van der Waals surface area contributed by atoms with E-state index in [0.29, 0.717) is 26.1 Å². The summed E-state index contributed by atoms with van der Waals surface area (Å²) < 4.78 is 38.3. The van der Waals surface area contributed by atoms with Crippen LogP contribution in [0.15, 0.2) is 53.4 Å². The number of carbonyl (C=O) groups is 1. The number of piperidine rings is 1. The standard InChI is InChI=1S/C24H29N3O5S/c28-24(20-5-4-10-27(17-20)33(29,30)21-6-2-1-3-7-21)26-13-11-25(12-14-26)16-19-8-9-22-23(15-19)32-18-31-22/h1-3,6-9,15,20H,4-5,10-14,16-18H2. The van der Waals surface area contributed by atoms with Crippen LogP contribution in [0.2, 0.25) is 0 Å². The Bertz CT molecular complexity index is 1100. The second-order valence-corrected chi connectivity index (χ2v) is 10.7. The molecule has 3 aliphatic rings. The summed E-state index contributed by atoms with van der Waals surface area (Å²) in [5.41, 5.74) is 1.16. The van der Waals surface area contributed by atoms with Gasteiger partial charge in [0.1, 0.15) is 0 Å². The molecule has 0 aliphatic carbocycles. The van der Waals surface area contributed by atoms with Crippen molar-refractivity contribution in [3.8, 4) is 11.5 Å². The van der Waals surface area contributed by atoms with Crippen LogP contribution >= 0.6 is 0 Å². The molecule has 2 aromatic carbocycles. The summed E-state index contributed by atoms with van der Waals surface area (Å²) in [6.07, 6.45) is 1.43. The lowest BCUT2D eigenvalue weighted by Gasteiger charge is -2.38. The molecule has 3 aliphatic heterocycles. The maximum Gasteiger partial charge on any atom is 0.243 e. The van der Waals surface area contributed by atoms with Crippen molar-refractivity contribution in [1.82, 2.24) is 14.1 Å². The Morgan fingerprint density at radius 2 is 1.70 bits per heavy atom. The fraction of sp³-hybridized carbons (Fsp3) is 0.458. The first-order valence-electron chi connectivity index (χ1n) is 11.5. The Morgan fingerprint density at radius 3 is 2.48 bits per heavy atom. The average molecular weight is 472 g/mol. The van der Waals surface area contributed by atoms with Gasteiger partial charge in [-0.25, -0.2) is 8.42 Å². The molecule has 2 aromatic rings. The summed E-state index contributed by atoms with van der Waals surface area (Å²) in [6.45, 7) is 4.68. The molecule has 8 nitrogen and oxygen atoms in total. The van der Waals surface area contributed by atoms with Gasteiger partial charge in [0.05, 0.1) is 10.8 Å². The van der Waals surface area contributed by atoms with Crippen molar-refractivity contribution < 1.29 is 22.7 Å². The predicted molar refractivity (Wildman–Crippen MR) is 122 cm³/mol. The monoisotopic (exact) mass is 471 g/mol. The maximum absolute atomic E-state index is 13.2. The number of hydrogen-bond acceptors (Lipinski definition) is 6. The third-order valence-electron chi connectivity index (χ3n) is 6.64. The van der Waals surface area contributed by atoms with Crippen molar-refractivity contribution >= 4 is 15.9 Å². The van der Waals surface area contributed by atoms with Gasteiger partial charge < -0.3 is 14.4 Å². The van der Waals surface area contributed by atoms with Gasteiger partial charge in [0.2, 0.25) is 22.7 Å². The van der Waals surface area contributed by atoms with Crippen LogP contribution < -0.4 is 9.47 Å². The van der Waals surface area contributed by atoms with Crippen molar-refractivity contribution in [3.05, 3.63) is 54.1 Å². The SMILES string of the molecule is O=C(C1CCCN(S(=O)(=O)c2ccccc2)C1)N1CCN(Cc2ccc3c(c2)OCO3)CC1. The second-order valence-electron chi connectivity index (χ2n) is 8.80. The van der Waals surface area contributed by atoms with Gasteiger partial charge in [-0.2, -0.15) is 4.31 Å². The lowest BCUT2D eigenvalue weighted by Crippen LogP contribution is -2.52. The molecule has 1 amide bonds. The van der Waals surface area contributed by atoms with E-state index < -0.39 is 10.0 Å². The first-order chi connectivity index (χ1) is 16.0. The third kappa shape index (κ3) is 4.71. The lowest BCUT2D eigenvalue weighted by atomic mass is 9.97. The lowest BCUT2D eigenvalue weighted by molar-refractivity contribution is -0.138. The van der Waals surface area contributed by atoms with Crippen molar-refractivity contribution in [3.63, 3.8) is 0 Å². The van der Waals surface area contributed by atoms with E-state index in [1.165, 1.54) is 4.31 Å². The Labute approximate surface area is 194 Å². The fourth-order valence-corrected chi connectivity index (χ4v) is 6.33. The zero-order chi connectivity index (χ0) is 22.8. The van der Waals surface area contributed by atoms with E-state index in [-0.39, 0.29) is 30.1 Å². The van der Waals surface area contributed by atoms with Crippen molar-refractivity contribution in [2.24, 2.45) is 5.92 Å². The molecule has 9 heteroatoms. The topological polar surface area (TPSA) is 79.4 Å². The molecule has 0 bridgehead atoms. The highest BCUT2D eigenvalue weighted by molar-refractivity contribution is 7.89. The minimum absolute atomic E-state index is 0.0747. The summed E-state index contributed by atoms with van der Waals surface area (Å²) in [7, 11) is -3.57. The van der Waals surface area contributed by atoms with Gasteiger partial charge in [-0.05, 0) is 42.7 Å². The number of amides is 1. The van der Waals surface area contributed by atoms with Crippen LogP contribution in [0.4, 0.5) is 0 Å². The number of benzene rings is 2. The van der Waals surface area contributed by atoms with Gasteiger partial charge >= 0.3 is 0 Å². The van der Waals surface area contributed by atoms with Gasteiger partial charge in [0.25, 0.3) is 0 Å². The molecule has 2 saturated heterocycles. The first-order valence-corrected chi connectivity index (χ1v) is 12.9. The van der Waals surface area contributed by atoms with Gasteiger partial charge in [-0.15, -0.1) is 0 Å². The first kappa shape index (κ1) is 22.2. The fourth-order valence-electron chi connectivity index (χ4n) is 4.79. The van der Waals surface area contributed by atoms with E-state index in [0.717, 1.165) is 43.1 Å². The van der Waals surface area contributed by atoms with Crippen molar-refractivity contribution in [1.29, 1.82) is 0 Å². The molecule has 5 rings (SSSR count).